The molecule has 1 radical (unpaired) electrons. The average Bonchev–Trinajstić information content (AvgIpc) is 2.65. The molecule has 0 aliphatic rings. The number of benzene rings is 1. The molecule has 0 amide bonds. The summed E-state index contributed by atoms with van der Waals surface area (Å²) < 4.78 is 37.9. The monoisotopic (exact) mass is 245 g/mol. The highest BCUT2D eigenvalue weighted by Crippen LogP contribution is 2.28. The minimum absolute atomic E-state index is 0.364. The Bertz CT molecular complexity index is 505. The molecule has 1 heterocycles. The topological polar surface area (TPSA) is 17.8 Å². The van der Waals surface area contributed by atoms with E-state index in [0.717, 1.165) is 10.7 Å². The number of halogens is 4. The molecule has 16 heavy (non-hydrogen) atoms. The molecule has 2 rings (SSSR count). The van der Waals surface area contributed by atoms with E-state index < -0.39 is 11.9 Å². The SMILES string of the molecule is FC(F)(F)c1ccn(-c2[c]ccc(Cl)c2)n1. The molecule has 0 bridgehead atoms. The summed E-state index contributed by atoms with van der Waals surface area (Å²) in [6.07, 6.45) is -3.23. The summed E-state index contributed by atoms with van der Waals surface area (Å²) in [4.78, 5) is 0. The zero-order valence-corrected chi connectivity index (χ0v) is 8.55. The first-order valence-electron chi connectivity index (χ1n) is 4.27. The Morgan fingerprint density at radius 2 is 2.06 bits per heavy atom. The van der Waals surface area contributed by atoms with E-state index in [2.05, 4.69) is 11.2 Å². The molecule has 1 aromatic carbocycles. The Labute approximate surface area is 94.3 Å². The lowest BCUT2D eigenvalue weighted by Crippen LogP contribution is -2.07. The number of aromatic nitrogens is 2. The van der Waals surface area contributed by atoms with Crippen molar-refractivity contribution in [1.29, 1.82) is 0 Å². The van der Waals surface area contributed by atoms with Crippen molar-refractivity contribution in [3.63, 3.8) is 0 Å². The van der Waals surface area contributed by atoms with Crippen molar-refractivity contribution >= 4 is 11.6 Å². The van der Waals surface area contributed by atoms with Crippen LogP contribution in [0.15, 0.2) is 30.5 Å². The summed E-state index contributed by atoms with van der Waals surface area (Å²) in [5.41, 5.74) is -0.580. The molecule has 0 spiro atoms. The van der Waals surface area contributed by atoms with Gasteiger partial charge >= 0.3 is 6.18 Å². The molecule has 83 valence electrons. The van der Waals surface area contributed by atoms with Crippen LogP contribution < -0.4 is 0 Å². The summed E-state index contributed by atoms with van der Waals surface area (Å²) in [5.74, 6) is 0. The van der Waals surface area contributed by atoms with Crippen LogP contribution in [0.2, 0.25) is 5.02 Å². The highest BCUT2D eigenvalue weighted by molar-refractivity contribution is 6.30. The molecule has 0 saturated heterocycles. The van der Waals surface area contributed by atoms with Crippen molar-refractivity contribution in [1.82, 2.24) is 9.78 Å². The van der Waals surface area contributed by atoms with E-state index in [-0.39, 0.29) is 0 Å². The van der Waals surface area contributed by atoms with Crippen molar-refractivity contribution in [2.24, 2.45) is 0 Å². The van der Waals surface area contributed by atoms with E-state index in [1.807, 2.05) is 0 Å². The van der Waals surface area contributed by atoms with Crippen LogP contribution in [0.4, 0.5) is 13.2 Å². The average molecular weight is 246 g/mol. The lowest BCUT2D eigenvalue weighted by Gasteiger charge is -2.02. The van der Waals surface area contributed by atoms with Crippen molar-refractivity contribution in [3.05, 3.63) is 47.2 Å². The van der Waals surface area contributed by atoms with Gasteiger partial charge < -0.3 is 0 Å². The highest BCUT2D eigenvalue weighted by Gasteiger charge is 2.33. The van der Waals surface area contributed by atoms with Gasteiger partial charge in [0, 0.05) is 17.3 Å². The minimum Gasteiger partial charge on any atom is -0.240 e. The smallest absolute Gasteiger partial charge is 0.240 e. The van der Waals surface area contributed by atoms with Gasteiger partial charge in [0.1, 0.15) is 0 Å². The molecule has 1 aromatic heterocycles. The number of alkyl halides is 3. The molecular weight excluding hydrogens is 241 g/mol. The van der Waals surface area contributed by atoms with Crippen LogP contribution in [-0.4, -0.2) is 9.78 Å². The molecular formula is C10H5ClF3N2. The molecule has 0 unspecified atom stereocenters. The van der Waals surface area contributed by atoms with Crippen molar-refractivity contribution in [2.45, 2.75) is 6.18 Å². The van der Waals surface area contributed by atoms with Crippen molar-refractivity contribution in [3.8, 4) is 5.69 Å². The molecule has 0 aliphatic heterocycles. The number of hydrogen-bond acceptors (Lipinski definition) is 1. The predicted molar refractivity (Wildman–Crippen MR) is 52.4 cm³/mol. The van der Waals surface area contributed by atoms with Gasteiger partial charge in [-0.3, -0.25) is 0 Å². The zero-order valence-electron chi connectivity index (χ0n) is 7.79. The van der Waals surface area contributed by atoms with Crippen LogP contribution in [0.5, 0.6) is 0 Å². The van der Waals surface area contributed by atoms with E-state index in [1.165, 1.54) is 18.3 Å². The fourth-order valence-corrected chi connectivity index (χ4v) is 1.33. The van der Waals surface area contributed by atoms with Gasteiger partial charge in [0.2, 0.25) is 0 Å². The van der Waals surface area contributed by atoms with Crippen molar-refractivity contribution in [2.75, 3.05) is 0 Å². The molecule has 2 nitrogen and oxygen atoms in total. The summed E-state index contributed by atoms with van der Waals surface area (Å²) in [6, 6.07) is 8.22. The highest BCUT2D eigenvalue weighted by atomic mass is 35.5. The van der Waals surface area contributed by atoms with Gasteiger partial charge in [-0.25, -0.2) is 4.68 Å². The Morgan fingerprint density at radius 1 is 1.31 bits per heavy atom. The van der Waals surface area contributed by atoms with E-state index in [1.54, 1.807) is 6.07 Å². The summed E-state index contributed by atoms with van der Waals surface area (Å²) in [5, 5.41) is 3.81. The van der Waals surface area contributed by atoms with E-state index in [0.29, 0.717) is 10.7 Å². The Morgan fingerprint density at radius 3 is 2.62 bits per heavy atom. The second kappa shape index (κ2) is 3.83. The summed E-state index contributed by atoms with van der Waals surface area (Å²) >= 11 is 5.71. The third-order valence-electron chi connectivity index (χ3n) is 1.87. The second-order valence-electron chi connectivity index (χ2n) is 3.04. The lowest BCUT2D eigenvalue weighted by atomic mass is 10.3. The molecule has 6 heteroatoms. The normalized spacial score (nSPS) is 11.8. The maximum Gasteiger partial charge on any atom is 0.435 e. The number of nitrogens with zero attached hydrogens (tertiary/aromatic N) is 2. The van der Waals surface area contributed by atoms with Crippen LogP contribution in [0.25, 0.3) is 5.69 Å². The summed E-state index contributed by atoms with van der Waals surface area (Å²) in [7, 11) is 0. The lowest BCUT2D eigenvalue weighted by molar-refractivity contribution is -0.141. The largest absolute Gasteiger partial charge is 0.435 e. The Balaban J connectivity index is 2.39. The molecule has 2 aromatic rings. The number of hydrogen-bond donors (Lipinski definition) is 0. The fraction of sp³-hybridized carbons (Fsp3) is 0.100. The number of rotatable bonds is 1. The first-order valence-corrected chi connectivity index (χ1v) is 4.65. The molecule has 0 atom stereocenters. The van der Waals surface area contributed by atoms with Gasteiger partial charge in [0.05, 0.1) is 5.69 Å². The third kappa shape index (κ3) is 2.19. The van der Waals surface area contributed by atoms with Crippen LogP contribution in [-0.2, 0) is 6.18 Å². The standard InChI is InChI=1S/C10H5ClF3N2/c11-7-2-1-3-8(6-7)16-5-4-9(15-16)10(12,13)14/h1-2,4-6H. The zero-order chi connectivity index (χ0) is 11.8. The first kappa shape index (κ1) is 11.0. The van der Waals surface area contributed by atoms with Crippen LogP contribution in [0.1, 0.15) is 5.69 Å². The quantitative estimate of drug-likeness (QED) is 0.753. The molecule has 0 aliphatic carbocycles. The third-order valence-corrected chi connectivity index (χ3v) is 2.11. The van der Waals surface area contributed by atoms with Gasteiger partial charge in [-0.1, -0.05) is 17.7 Å². The van der Waals surface area contributed by atoms with Crippen LogP contribution >= 0.6 is 11.6 Å². The maximum atomic E-state index is 12.3. The molecule has 0 N–H and O–H groups in total. The van der Waals surface area contributed by atoms with E-state index in [9.17, 15) is 13.2 Å². The minimum atomic E-state index is -4.44. The van der Waals surface area contributed by atoms with Gasteiger partial charge in [0.15, 0.2) is 5.69 Å². The van der Waals surface area contributed by atoms with Gasteiger partial charge in [0.25, 0.3) is 0 Å². The van der Waals surface area contributed by atoms with Gasteiger partial charge in [-0.2, -0.15) is 18.3 Å². The molecule has 0 fully saturated rings. The van der Waals surface area contributed by atoms with Crippen LogP contribution in [0.3, 0.4) is 0 Å². The van der Waals surface area contributed by atoms with Gasteiger partial charge in [-0.05, 0) is 18.2 Å². The van der Waals surface area contributed by atoms with E-state index >= 15 is 0 Å². The van der Waals surface area contributed by atoms with Gasteiger partial charge in [-0.15, -0.1) is 0 Å². The second-order valence-corrected chi connectivity index (χ2v) is 3.47. The fourth-order valence-electron chi connectivity index (χ4n) is 1.17. The van der Waals surface area contributed by atoms with Crippen LogP contribution in [0, 0.1) is 6.07 Å². The molecule has 0 saturated carbocycles. The van der Waals surface area contributed by atoms with Crippen molar-refractivity contribution < 1.29 is 13.2 Å². The Hall–Kier alpha value is -1.49. The van der Waals surface area contributed by atoms with E-state index in [4.69, 9.17) is 11.6 Å². The maximum absolute atomic E-state index is 12.3. The first-order chi connectivity index (χ1) is 7.47. The summed E-state index contributed by atoms with van der Waals surface area (Å²) in [6.45, 7) is 0. The predicted octanol–water partition coefficient (Wildman–Crippen LogP) is 3.34. The Kier molecular flexibility index (Phi) is 2.63.